The number of hydrogen-bond donors (Lipinski definition) is 0. The predicted molar refractivity (Wildman–Crippen MR) is 61.7 cm³/mol. The van der Waals surface area contributed by atoms with Crippen LogP contribution in [-0.2, 0) is 4.74 Å². The Morgan fingerprint density at radius 3 is 2.42 bits per heavy atom. The van der Waals surface area contributed by atoms with E-state index >= 15 is 0 Å². The van der Waals surface area contributed by atoms with Crippen molar-refractivity contribution in [2.45, 2.75) is 13.3 Å². The molecule has 8 heteroatoms. The molecular formula is C11H14BF4KO2. The molecule has 0 fully saturated rings. The fraction of sp³-hybridized carbons (Fsp3) is 0.455. The van der Waals surface area contributed by atoms with Crippen molar-refractivity contribution in [3.05, 3.63) is 24.0 Å². The molecule has 1 aromatic rings. The third-order valence-electron chi connectivity index (χ3n) is 2.22. The molecule has 0 saturated heterocycles. The predicted octanol–water partition coefficient (Wildman–Crippen LogP) is -0.310. The molecule has 0 N–H and O–H groups in total. The Balaban J connectivity index is 0.00000324. The van der Waals surface area contributed by atoms with Gasteiger partial charge < -0.3 is 22.4 Å². The Bertz CT molecular complexity index is 387. The summed E-state index contributed by atoms with van der Waals surface area (Å²) < 4.78 is 60.8. The van der Waals surface area contributed by atoms with Gasteiger partial charge >= 0.3 is 58.4 Å². The molecule has 0 aliphatic carbocycles. The maximum absolute atomic E-state index is 12.8. The van der Waals surface area contributed by atoms with Crippen LogP contribution < -0.4 is 61.6 Å². The summed E-state index contributed by atoms with van der Waals surface area (Å²) in [4.78, 5) is 0. The zero-order valence-corrected chi connectivity index (χ0v) is 14.1. The summed E-state index contributed by atoms with van der Waals surface area (Å²) in [5.41, 5.74) is -1.04. The summed E-state index contributed by atoms with van der Waals surface area (Å²) in [5, 5.41) is 0. The summed E-state index contributed by atoms with van der Waals surface area (Å²) in [6.07, 6.45) is 0.482. The molecule has 102 valence electrons. The molecular weight excluding hydrogens is 290 g/mol. The first-order valence-electron chi connectivity index (χ1n) is 5.65. The van der Waals surface area contributed by atoms with Crippen LogP contribution in [0.15, 0.2) is 18.2 Å². The molecule has 1 rings (SSSR count). The average molecular weight is 304 g/mol. The minimum absolute atomic E-state index is 0. The van der Waals surface area contributed by atoms with Gasteiger partial charge in [0.1, 0.15) is 5.82 Å². The van der Waals surface area contributed by atoms with Crippen molar-refractivity contribution in [3.8, 4) is 5.75 Å². The summed E-state index contributed by atoms with van der Waals surface area (Å²) in [5.74, 6) is -1.26. The fourth-order valence-electron chi connectivity index (χ4n) is 1.39. The summed E-state index contributed by atoms with van der Waals surface area (Å²) in [6, 6.07) is 2.40. The van der Waals surface area contributed by atoms with Gasteiger partial charge in [0, 0.05) is 19.6 Å². The van der Waals surface area contributed by atoms with E-state index in [0.717, 1.165) is 12.1 Å². The Morgan fingerprint density at radius 2 is 1.84 bits per heavy atom. The van der Waals surface area contributed by atoms with Gasteiger partial charge in [-0.15, -0.1) is 0 Å². The van der Waals surface area contributed by atoms with Crippen molar-refractivity contribution in [2.24, 2.45) is 0 Å². The third-order valence-corrected chi connectivity index (χ3v) is 2.22. The van der Waals surface area contributed by atoms with Gasteiger partial charge in [-0.05, 0) is 25.1 Å². The molecule has 0 aromatic heterocycles. The fourth-order valence-corrected chi connectivity index (χ4v) is 1.39. The van der Waals surface area contributed by atoms with Crippen LogP contribution in [0.2, 0.25) is 0 Å². The molecule has 0 spiro atoms. The van der Waals surface area contributed by atoms with Crippen molar-refractivity contribution in [2.75, 3.05) is 19.8 Å². The Kier molecular flexibility index (Phi) is 9.56. The second-order valence-corrected chi connectivity index (χ2v) is 3.66. The second-order valence-electron chi connectivity index (χ2n) is 3.66. The first-order chi connectivity index (χ1) is 8.45. The molecule has 0 radical (unpaired) electrons. The van der Waals surface area contributed by atoms with Crippen molar-refractivity contribution >= 4 is 12.4 Å². The minimum atomic E-state index is -5.28. The van der Waals surface area contributed by atoms with Crippen LogP contribution in [-0.4, -0.2) is 26.8 Å². The molecule has 0 unspecified atom stereocenters. The quantitative estimate of drug-likeness (QED) is 0.391. The van der Waals surface area contributed by atoms with Gasteiger partial charge in [0.25, 0.3) is 0 Å². The van der Waals surface area contributed by atoms with Gasteiger partial charge in [-0.1, -0.05) is 5.46 Å². The van der Waals surface area contributed by atoms with Gasteiger partial charge in [0.2, 0.25) is 0 Å². The van der Waals surface area contributed by atoms with E-state index in [-0.39, 0.29) is 63.7 Å². The topological polar surface area (TPSA) is 18.5 Å². The summed E-state index contributed by atoms with van der Waals surface area (Å²) >= 11 is 0. The second kappa shape index (κ2) is 9.36. The number of benzene rings is 1. The van der Waals surface area contributed by atoms with Gasteiger partial charge in [-0.3, -0.25) is 0 Å². The summed E-state index contributed by atoms with van der Waals surface area (Å²) in [6.45, 7) is -2.39. The Labute approximate surface area is 152 Å². The van der Waals surface area contributed by atoms with E-state index < -0.39 is 18.3 Å². The van der Waals surface area contributed by atoms with E-state index in [1.54, 1.807) is 0 Å². The molecule has 0 aliphatic heterocycles. The normalized spacial score (nSPS) is 11.0. The van der Waals surface area contributed by atoms with E-state index in [9.17, 15) is 17.3 Å². The maximum Gasteiger partial charge on any atom is 1.00 e. The molecule has 0 bridgehead atoms. The van der Waals surface area contributed by atoms with Crippen molar-refractivity contribution in [1.82, 2.24) is 0 Å². The van der Waals surface area contributed by atoms with Gasteiger partial charge in [-0.25, -0.2) is 4.39 Å². The van der Waals surface area contributed by atoms with Gasteiger partial charge in [0.05, 0.1) is 12.4 Å². The SMILES string of the molecule is CCOCCCOc1ccc(F)cc1[B-](F)(F)F.[K+]. The first-order valence-corrected chi connectivity index (χ1v) is 5.65. The smallest absolute Gasteiger partial charge is 0.496 e. The number of halogens is 4. The van der Waals surface area contributed by atoms with Gasteiger partial charge in [0.15, 0.2) is 0 Å². The van der Waals surface area contributed by atoms with E-state index in [1.165, 1.54) is 0 Å². The first kappa shape index (κ1) is 19.4. The van der Waals surface area contributed by atoms with Crippen LogP contribution in [0.25, 0.3) is 0 Å². The van der Waals surface area contributed by atoms with Crippen molar-refractivity contribution in [1.29, 1.82) is 0 Å². The minimum Gasteiger partial charge on any atom is -0.496 e. The standard InChI is InChI=1S/C11H14BF4O2.K/c1-2-17-6-3-7-18-11-5-4-9(13)8-10(11)12(14,15)16;/h4-5,8H,2-3,6-7H2,1H3;/q-1;+1. The van der Waals surface area contributed by atoms with Crippen LogP contribution in [0.1, 0.15) is 13.3 Å². The molecule has 2 nitrogen and oxygen atoms in total. The van der Waals surface area contributed by atoms with Crippen LogP contribution in [0.4, 0.5) is 17.3 Å². The third kappa shape index (κ3) is 7.10. The molecule has 0 heterocycles. The number of ether oxygens (including phenoxy) is 2. The molecule has 19 heavy (non-hydrogen) atoms. The summed E-state index contributed by atoms with van der Waals surface area (Å²) in [7, 11) is 0. The van der Waals surface area contributed by atoms with E-state index in [4.69, 9.17) is 9.47 Å². The largest absolute Gasteiger partial charge is 1.00 e. The molecule has 0 amide bonds. The van der Waals surface area contributed by atoms with Gasteiger partial charge in [-0.2, -0.15) is 0 Å². The van der Waals surface area contributed by atoms with E-state index in [2.05, 4.69) is 0 Å². The van der Waals surface area contributed by atoms with Crippen LogP contribution in [0.5, 0.6) is 5.75 Å². The van der Waals surface area contributed by atoms with Crippen LogP contribution in [0, 0.1) is 5.82 Å². The van der Waals surface area contributed by atoms with Crippen LogP contribution >= 0.6 is 0 Å². The Hall–Kier alpha value is 0.401. The number of hydrogen-bond acceptors (Lipinski definition) is 2. The van der Waals surface area contributed by atoms with Crippen molar-refractivity contribution in [3.63, 3.8) is 0 Å². The Morgan fingerprint density at radius 1 is 1.16 bits per heavy atom. The van der Waals surface area contributed by atoms with E-state index in [0.29, 0.717) is 25.7 Å². The monoisotopic (exact) mass is 304 g/mol. The van der Waals surface area contributed by atoms with Crippen LogP contribution in [0.3, 0.4) is 0 Å². The number of rotatable bonds is 7. The zero-order valence-electron chi connectivity index (χ0n) is 11.0. The van der Waals surface area contributed by atoms with Crippen molar-refractivity contribution < 1.29 is 78.2 Å². The average Bonchev–Trinajstić information content (AvgIpc) is 2.29. The molecule has 0 atom stereocenters. The maximum atomic E-state index is 12.8. The molecule has 0 saturated carbocycles. The van der Waals surface area contributed by atoms with E-state index in [1.807, 2.05) is 6.92 Å². The molecule has 0 aliphatic rings. The zero-order chi connectivity index (χ0) is 13.6. The molecule has 1 aromatic carbocycles.